The van der Waals surface area contributed by atoms with Crippen LogP contribution in [-0.4, -0.2) is 12.5 Å². The number of phosphoric acid groups is 1. The minimum Gasteiger partial charge on any atom is -0.790 e. The summed E-state index contributed by atoms with van der Waals surface area (Å²) >= 11 is 5.64. The molecule has 0 aromatic carbocycles. The zero-order valence-electron chi connectivity index (χ0n) is 15.8. The third-order valence-electron chi connectivity index (χ3n) is 3.78. The maximum absolute atomic E-state index is 10.2. The molecule has 0 aliphatic carbocycles. The molecule has 0 heterocycles. The Morgan fingerprint density at radius 3 is 1.21 bits per heavy atom. The average Bonchev–Trinajstić information content (AvgIpc) is 2.45. The molecule has 0 radical (unpaired) electrons. The number of halogens is 1. The van der Waals surface area contributed by atoms with Crippen LogP contribution in [0.3, 0.4) is 0 Å². The molecule has 4 nitrogen and oxygen atoms in total. The van der Waals surface area contributed by atoms with Crippen LogP contribution in [0.4, 0.5) is 0 Å². The first-order valence-corrected chi connectivity index (χ1v) is 10.8. The first kappa shape index (κ1) is 32.3. The van der Waals surface area contributed by atoms with E-state index in [1.54, 1.807) is 0 Å². The van der Waals surface area contributed by atoms with Crippen molar-refractivity contribution in [2.24, 2.45) is 0 Å². The summed E-state index contributed by atoms with van der Waals surface area (Å²) in [6, 6.07) is 0. The predicted molar refractivity (Wildman–Crippen MR) is 88.9 cm³/mol. The van der Waals surface area contributed by atoms with E-state index in [4.69, 9.17) is 11.6 Å². The van der Waals surface area contributed by atoms with Gasteiger partial charge in [0.25, 0.3) is 0 Å². The van der Waals surface area contributed by atoms with Crippen molar-refractivity contribution < 1.29 is 122 Å². The van der Waals surface area contributed by atoms with Gasteiger partial charge in [-0.25, -0.2) is 0 Å². The third kappa shape index (κ3) is 30.4. The fourth-order valence-electron chi connectivity index (χ4n) is 2.49. The summed E-state index contributed by atoms with van der Waals surface area (Å²) in [6.45, 7) is 0.0369. The van der Waals surface area contributed by atoms with Gasteiger partial charge < -0.3 is 18.9 Å². The molecule has 0 aliphatic rings. The van der Waals surface area contributed by atoms with Crippen LogP contribution in [0.5, 0.6) is 0 Å². The van der Waals surface area contributed by atoms with Gasteiger partial charge in [-0.3, -0.25) is 0 Å². The Hall–Kier alpha value is 3.67. The predicted octanol–water partition coefficient (Wildman–Crippen LogP) is -1.46. The second-order valence-electron chi connectivity index (χ2n) is 5.92. The maximum Gasteiger partial charge on any atom is 1.00 e. The molecule has 0 fully saturated rings. The number of hydrogen-bond acceptors (Lipinski definition) is 4. The fourth-order valence-corrected chi connectivity index (χ4v) is 3.04. The van der Waals surface area contributed by atoms with E-state index in [1.807, 2.05) is 0 Å². The van der Waals surface area contributed by atoms with Crippen LogP contribution in [0.25, 0.3) is 0 Å². The van der Waals surface area contributed by atoms with Crippen molar-refractivity contribution in [2.75, 3.05) is 12.5 Å². The molecule has 0 aromatic heterocycles. The van der Waals surface area contributed by atoms with E-state index in [9.17, 15) is 14.4 Å². The van der Waals surface area contributed by atoms with Crippen LogP contribution in [0.15, 0.2) is 0 Å². The van der Waals surface area contributed by atoms with Gasteiger partial charge in [-0.15, -0.1) is 11.6 Å². The van der Waals surface area contributed by atoms with Gasteiger partial charge in [-0.05, 0) is 12.8 Å². The van der Waals surface area contributed by atoms with Gasteiger partial charge in [0, 0.05) is 5.88 Å². The standard InChI is InChI=1S/C16H34ClO4P.2K/c17-15-13-11-9-7-5-3-1-2-4-6-8-10-12-14-16-21-22(18,19)20;;/h1-16H2,(H2,18,19,20);;/q;2*+1/p-2. The zero-order valence-corrected chi connectivity index (χ0v) is 23.7. The molecule has 0 saturated heterocycles. The quantitative estimate of drug-likeness (QED) is 0.122. The van der Waals surface area contributed by atoms with E-state index in [2.05, 4.69) is 4.52 Å². The van der Waals surface area contributed by atoms with Crippen molar-refractivity contribution in [3.05, 3.63) is 0 Å². The number of phosphoric ester groups is 1. The van der Waals surface area contributed by atoms with Crippen molar-refractivity contribution in [2.45, 2.75) is 89.9 Å². The van der Waals surface area contributed by atoms with E-state index in [-0.39, 0.29) is 109 Å². The van der Waals surface area contributed by atoms with Gasteiger partial charge in [0.05, 0.1) is 14.4 Å². The van der Waals surface area contributed by atoms with Crippen molar-refractivity contribution >= 4 is 19.4 Å². The van der Waals surface area contributed by atoms with Gasteiger partial charge in [-0.1, -0.05) is 77.0 Å². The molecule has 0 rings (SSSR count). The number of rotatable bonds is 17. The van der Waals surface area contributed by atoms with Crippen LogP contribution in [-0.2, 0) is 9.09 Å². The van der Waals surface area contributed by atoms with E-state index >= 15 is 0 Å². The van der Waals surface area contributed by atoms with Crippen LogP contribution >= 0.6 is 19.4 Å². The second-order valence-corrected chi connectivity index (χ2v) is 7.45. The van der Waals surface area contributed by atoms with E-state index in [1.165, 1.54) is 64.2 Å². The molecule has 0 N–H and O–H groups in total. The van der Waals surface area contributed by atoms with Crippen LogP contribution < -0.4 is 113 Å². The molecular formula is C16H32ClK2O4P. The maximum atomic E-state index is 10.2. The third-order valence-corrected chi connectivity index (χ3v) is 4.54. The molecule has 8 heteroatoms. The number of hydrogen-bond donors (Lipinski definition) is 0. The summed E-state index contributed by atoms with van der Waals surface area (Å²) in [5.41, 5.74) is 0. The largest absolute Gasteiger partial charge is 1.00 e. The molecule has 0 spiro atoms. The summed E-state index contributed by atoms with van der Waals surface area (Å²) in [4.78, 5) is 20.4. The second kappa shape index (κ2) is 24.7. The Kier molecular flexibility index (Phi) is 33.3. The summed E-state index contributed by atoms with van der Waals surface area (Å²) in [5, 5.41) is 0. The molecule has 0 amide bonds. The Balaban J connectivity index is -0.00000220. The Morgan fingerprint density at radius 1 is 0.625 bits per heavy atom. The molecule has 0 saturated carbocycles. The minimum absolute atomic E-state index is 0. The Bertz CT molecular complexity index is 281. The summed E-state index contributed by atoms with van der Waals surface area (Å²) in [5.74, 6) is 0.797. The summed E-state index contributed by atoms with van der Waals surface area (Å²) in [7, 11) is -4.76. The first-order chi connectivity index (χ1) is 10.6. The van der Waals surface area contributed by atoms with Crippen LogP contribution in [0.2, 0.25) is 0 Å². The van der Waals surface area contributed by atoms with Gasteiger partial charge >= 0.3 is 103 Å². The van der Waals surface area contributed by atoms with Gasteiger partial charge in [0.2, 0.25) is 0 Å². The average molecular weight is 433 g/mol. The molecule has 0 bridgehead atoms. The fraction of sp³-hybridized carbons (Fsp3) is 1.00. The van der Waals surface area contributed by atoms with Gasteiger partial charge in [0.1, 0.15) is 0 Å². The van der Waals surface area contributed by atoms with Crippen molar-refractivity contribution in [3.8, 4) is 0 Å². The normalized spacial score (nSPS) is 11.0. The first-order valence-electron chi connectivity index (χ1n) is 8.79. The molecule has 0 atom stereocenters. The van der Waals surface area contributed by atoms with Crippen LogP contribution in [0.1, 0.15) is 89.9 Å². The van der Waals surface area contributed by atoms with Gasteiger partial charge in [-0.2, -0.15) is 0 Å². The van der Waals surface area contributed by atoms with E-state index < -0.39 is 7.82 Å². The van der Waals surface area contributed by atoms with Crippen molar-refractivity contribution in [3.63, 3.8) is 0 Å². The Morgan fingerprint density at radius 2 is 0.917 bits per heavy atom. The van der Waals surface area contributed by atoms with Crippen molar-refractivity contribution in [1.29, 1.82) is 0 Å². The zero-order chi connectivity index (χ0) is 16.5. The van der Waals surface area contributed by atoms with E-state index in [0.29, 0.717) is 6.42 Å². The molecule has 134 valence electrons. The van der Waals surface area contributed by atoms with E-state index in [0.717, 1.165) is 25.1 Å². The molecule has 0 aliphatic heterocycles. The minimum atomic E-state index is -4.76. The van der Waals surface area contributed by atoms with Crippen molar-refractivity contribution in [1.82, 2.24) is 0 Å². The number of unbranched alkanes of at least 4 members (excludes halogenated alkanes) is 13. The smallest absolute Gasteiger partial charge is 0.790 e. The molecule has 0 unspecified atom stereocenters. The molecular weight excluding hydrogens is 401 g/mol. The summed E-state index contributed by atoms with van der Waals surface area (Å²) in [6.07, 6.45) is 16.9. The monoisotopic (exact) mass is 432 g/mol. The van der Waals surface area contributed by atoms with Gasteiger partial charge in [0.15, 0.2) is 0 Å². The van der Waals surface area contributed by atoms with Crippen LogP contribution in [0, 0.1) is 0 Å². The summed E-state index contributed by atoms with van der Waals surface area (Å²) < 4.78 is 14.4. The molecule has 0 aromatic rings. The molecule has 24 heavy (non-hydrogen) atoms. The number of alkyl halides is 1. The topological polar surface area (TPSA) is 72.4 Å². The SMILES string of the molecule is O=P([O-])([O-])OCCCCCCCCCCCCCCCCCl.[K+].[K+]. The Labute approximate surface area is 239 Å².